The van der Waals surface area contributed by atoms with Gasteiger partial charge in [-0.25, -0.2) is 0 Å². The molecule has 0 fully saturated rings. The molecule has 7 heteroatoms. The molecule has 18 heavy (non-hydrogen) atoms. The van der Waals surface area contributed by atoms with Crippen molar-refractivity contribution in [3.8, 4) is 0 Å². The molecular weight excluding hydrogens is 350 g/mol. The molecule has 3 nitrogen and oxygen atoms in total. The summed E-state index contributed by atoms with van der Waals surface area (Å²) in [5.41, 5.74) is 6.89. The molecule has 2 N–H and O–H groups in total. The third kappa shape index (κ3) is 3.71. The van der Waals surface area contributed by atoms with Gasteiger partial charge in [-0.05, 0) is 36.9 Å². The minimum absolute atomic E-state index is 0.654. The van der Waals surface area contributed by atoms with Crippen molar-refractivity contribution in [2.45, 2.75) is 20.0 Å². The normalized spacial score (nSPS) is 10.8. The summed E-state index contributed by atoms with van der Waals surface area (Å²) in [5, 5.41) is 8.28. The predicted octanol–water partition coefficient (Wildman–Crippen LogP) is 3.67. The highest BCUT2D eigenvalue weighted by Crippen LogP contribution is 2.36. The van der Waals surface area contributed by atoms with Gasteiger partial charge in [0.2, 0.25) is 0 Å². The SMILES string of the molecule is CSc1nnc(Sc2cc(Br)ccc2CCN)s1. The van der Waals surface area contributed by atoms with Gasteiger partial charge in [-0.2, -0.15) is 0 Å². The van der Waals surface area contributed by atoms with Gasteiger partial charge < -0.3 is 5.73 Å². The molecule has 0 amide bonds. The summed E-state index contributed by atoms with van der Waals surface area (Å²) in [5.74, 6) is 0. The average molecular weight is 362 g/mol. The molecule has 1 aromatic carbocycles. The Morgan fingerprint density at radius 2 is 2.11 bits per heavy atom. The van der Waals surface area contributed by atoms with Crippen LogP contribution in [-0.4, -0.2) is 23.0 Å². The maximum Gasteiger partial charge on any atom is 0.179 e. The Morgan fingerprint density at radius 3 is 2.78 bits per heavy atom. The van der Waals surface area contributed by atoms with Crippen molar-refractivity contribution < 1.29 is 0 Å². The number of benzene rings is 1. The number of aromatic nitrogens is 2. The van der Waals surface area contributed by atoms with Gasteiger partial charge >= 0.3 is 0 Å². The van der Waals surface area contributed by atoms with E-state index in [4.69, 9.17) is 5.73 Å². The summed E-state index contributed by atoms with van der Waals surface area (Å²) in [6, 6.07) is 6.26. The highest BCUT2D eigenvalue weighted by molar-refractivity contribution is 9.10. The Morgan fingerprint density at radius 1 is 1.33 bits per heavy atom. The largest absolute Gasteiger partial charge is 0.330 e. The zero-order valence-electron chi connectivity index (χ0n) is 9.72. The van der Waals surface area contributed by atoms with Crippen LogP contribution in [0, 0.1) is 0 Å². The summed E-state index contributed by atoms with van der Waals surface area (Å²) >= 11 is 8.39. The first-order valence-corrected chi connectivity index (χ1v) is 8.92. The average Bonchev–Trinajstić information content (AvgIpc) is 2.80. The lowest BCUT2D eigenvalue weighted by Gasteiger charge is -2.06. The minimum Gasteiger partial charge on any atom is -0.330 e. The van der Waals surface area contributed by atoms with Crippen molar-refractivity contribution >= 4 is 50.8 Å². The van der Waals surface area contributed by atoms with Crippen LogP contribution < -0.4 is 5.73 Å². The molecule has 2 aromatic rings. The third-order valence-corrected chi connectivity index (χ3v) is 5.75. The first kappa shape index (κ1) is 14.3. The van der Waals surface area contributed by atoms with Crippen LogP contribution in [0.1, 0.15) is 5.56 Å². The molecule has 0 radical (unpaired) electrons. The zero-order valence-corrected chi connectivity index (χ0v) is 13.8. The Hall–Kier alpha value is -0.0800. The van der Waals surface area contributed by atoms with Crippen molar-refractivity contribution in [1.82, 2.24) is 10.2 Å². The van der Waals surface area contributed by atoms with E-state index in [1.807, 2.05) is 12.3 Å². The van der Waals surface area contributed by atoms with Crippen LogP contribution >= 0.6 is 50.8 Å². The van der Waals surface area contributed by atoms with Crippen molar-refractivity contribution in [2.75, 3.05) is 12.8 Å². The molecule has 1 heterocycles. The molecular formula is C11H12BrN3S3. The number of rotatable bonds is 5. The van der Waals surface area contributed by atoms with Crippen LogP contribution in [0.4, 0.5) is 0 Å². The zero-order chi connectivity index (χ0) is 13.0. The van der Waals surface area contributed by atoms with Crippen LogP contribution in [0.2, 0.25) is 0 Å². The summed E-state index contributed by atoms with van der Waals surface area (Å²) in [7, 11) is 0. The van der Waals surface area contributed by atoms with Crippen molar-refractivity contribution in [2.24, 2.45) is 5.73 Å². The first-order chi connectivity index (χ1) is 8.72. The van der Waals surface area contributed by atoms with Gasteiger partial charge in [-0.3, -0.25) is 0 Å². The smallest absolute Gasteiger partial charge is 0.179 e. The van der Waals surface area contributed by atoms with Gasteiger partial charge in [0.25, 0.3) is 0 Å². The highest BCUT2D eigenvalue weighted by atomic mass is 79.9. The quantitative estimate of drug-likeness (QED) is 0.823. The van der Waals surface area contributed by atoms with Crippen LogP contribution in [0.25, 0.3) is 0 Å². The van der Waals surface area contributed by atoms with Crippen molar-refractivity contribution in [3.63, 3.8) is 0 Å². The van der Waals surface area contributed by atoms with Crippen LogP contribution in [0.5, 0.6) is 0 Å². The fourth-order valence-electron chi connectivity index (χ4n) is 1.40. The lowest BCUT2D eigenvalue weighted by molar-refractivity contribution is 0.937. The fraction of sp³-hybridized carbons (Fsp3) is 0.273. The molecule has 0 aliphatic carbocycles. The van der Waals surface area contributed by atoms with Gasteiger partial charge in [0.05, 0.1) is 0 Å². The van der Waals surface area contributed by atoms with E-state index in [0.29, 0.717) is 6.54 Å². The third-order valence-electron chi connectivity index (χ3n) is 2.20. The van der Waals surface area contributed by atoms with Crippen molar-refractivity contribution in [1.29, 1.82) is 0 Å². The molecule has 0 aliphatic heterocycles. The molecule has 2 rings (SSSR count). The molecule has 0 aliphatic rings. The topological polar surface area (TPSA) is 51.8 Å². The van der Waals surface area contributed by atoms with Crippen LogP contribution in [0.15, 0.2) is 36.2 Å². The van der Waals surface area contributed by atoms with Gasteiger partial charge in [0.15, 0.2) is 8.68 Å². The molecule has 0 saturated heterocycles. The lowest BCUT2D eigenvalue weighted by Crippen LogP contribution is -2.03. The second kappa shape index (κ2) is 6.91. The molecule has 0 bridgehead atoms. The fourth-order valence-corrected chi connectivity index (χ4v) is 4.51. The predicted molar refractivity (Wildman–Crippen MR) is 82.7 cm³/mol. The number of hydrogen-bond acceptors (Lipinski definition) is 6. The van der Waals surface area contributed by atoms with Gasteiger partial charge in [-0.1, -0.05) is 56.9 Å². The number of hydrogen-bond donors (Lipinski definition) is 1. The maximum absolute atomic E-state index is 5.64. The van der Waals surface area contributed by atoms with E-state index < -0.39 is 0 Å². The van der Waals surface area contributed by atoms with Crippen molar-refractivity contribution in [3.05, 3.63) is 28.2 Å². The van der Waals surface area contributed by atoms with Gasteiger partial charge in [-0.15, -0.1) is 10.2 Å². The minimum atomic E-state index is 0.654. The Balaban J connectivity index is 2.23. The monoisotopic (exact) mass is 361 g/mol. The Kier molecular flexibility index (Phi) is 5.50. The first-order valence-electron chi connectivity index (χ1n) is 5.26. The molecule has 1 aromatic heterocycles. The van der Waals surface area contributed by atoms with E-state index in [0.717, 1.165) is 19.6 Å². The van der Waals surface area contributed by atoms with Gasteiger partial charge in [0.1, 0.15) is 0 Å². The summed E-state index contributed by atoms with van der Waals surface area (Å²) in [6.45, 7) is 0.654. The molecule has 0 spiro atoms. The van der Waals surface area contributed by atoms with Crippen LogP contribution in [0.3, 0.4) is 0 Å². The van der Waals surface area contributed by atoms with Gasteiger partial charge in [0, 0.05) is 9.37 Å². The highest BCUT2D eigenvalue weighted by Gasteiger charge is 2.09. The lowest BCUT2D eigenvalue weighted by atomic mass is 10.1. The molecule has 0 saturated carbocycles. The van der Waals surface area contributed by atoms with E-state index in [-0.39, 0.29) is 0 Å². The van der Waals surface area contributed by atoms with E-state index in [9.17, 15) is 0 Å². The van der Waals surface area contributed by atoms with E-state index in [1.165, 1.54) is 10.5 Å². The number of thioether (sulfide) groups is 1. The van der Waals surface area contributed by atoms with E-state index in [1.54, 1.807) is 34.9 Å². The standard InChI is InChI=1S/C11H12BrN3S3/c1-16-10-14-15-11(18-10)17-9-6-8(12)3-2-7(9)4-5-13/h2-3,6H,4-5,13H2,1H3. The van der Waals surface area contributed by atoms with Crippen LogP contribution in [-0.2, 0) is 6.42 Å². The molecule has 96 valence electrons. The molecule has 0 unspecified atom stereocenters. The second-order valence-corrected chi connectivity index (χ2v) is 7.67. The van der Waals surface area contributed by atoms with E-state index >= 15 is 0 Å². The Labute approximate surface area is 127 Å². The summed E-state index contributed by atoms with van der Waals surface area (Å²) < 4.78 is 3.03. The number of halogens is 1. The Bertz CT molecular complexity index is 530. The maximum atomic E-state index is 5.64. The molecule has 0 atom stereocenters. The number of nitrogens with two attached hydrogens (primary N) is 1. The van der Waals surface area contributed by atoms with E-state index in [2.05, 4.69) is 38.3 Å². The summed E-state index contributed by atoms with van der Waals surface area (Å²) in [6.07, 6.45) is 2.89. The number of nitrogens with zero attached hydrogens (tertiary/aromatic N) is 2. The second-order valence-electron chi connectivity index (χ2n) is 3.43. The summed E-state index contributed by atoms with van der Waals surface area (Å²) in [4.78, 5) is 1.19.